The fourth-order valence-electron chi connectivity index (χ4n) is 2.68. The molecule has 0 aliphatic carbocycles. The van der Waals surface area contributed by atoms with Crippen molar-refractivity contribution in [2.24, 2.45) is 11.1 Å². The Balaban J connectivity index is 2.09. The van der Waals surface area contributed by atoms with Crippen molar-refractivity contribution in [2.45, 2.75) is 37.8 Å². The molecule has 4 N–H and O–H groups in total. The van der Waals surface area contributed by atoms with Crippen molar-refractivity contribution in [2.75, 3.05) is 5.32 Å². The van der Waals surface area contributed by atoms with Gasteiger partial charge in [-0.05, 0) is 36.6 Å². The summed E-state index contributed by atoms with van der Waals surface area (Å²) in [5.41, 5.74) is 1.49. The second-order valence-electron chi connectivity index (χ2n) is 6.58. The Labute approximate surface area is 154 Å². The van der Waals surface area contributed by atoms with Crippen LogP contribution in [0.25, 0.3) is 0 Å². The van der Waals surface area contributed by atoms with Gasteiger partial charge in [0.25, 0.3) is 0 Å². The number of benzene rings is 2. The lowest BCUT2D eigenvalue weighted by Gasteiger charge is -2.26. The molecule has 0 radical (unpaired) electrons. The maximum Gasteiger partial charge on any atom is 0.241 e. The average molecular weight is 375 g/mol. The highest BCUT2D eigenvalue weighted by Crippen LogP contribution is 2.22. The molecule has 0 spiro atoms. The van der Waals surface area contributed by atoms with Gasteiger partial charge in [0, 0.05) is 11.7 Å². The van der Waals surface area contributed by atoms with Gasteiger partial charge < -0.3 is 5.32 Å². The van der Waals surface area contributed by atoms with Crippen LogP contribution in [0.3, 0.4) is 0 Å². The van der Waals surface area contributed by atoms with Gasteiger partial charge in [0.1, 0.15) is 0 Å². The molecule has 140 valence electrons. The van der Waals surface area contributed by atoms with E-state index in [0.29, 0.717) is 11.6 Å². The molecule has 1 amide bonds. The number of sulfonamides is 1. The van der Waals surface area contributed by atoms with Gasteiger partial charge in [0.05, 0.1) is 10.9 Å². The van der Waals surface area contributed by atoms with Crippen molar-refractivity contribution >= 4 is 21.6 Å². The van der Waals surface area contributed by atoms with E-state index < -0.39 is 16.1 Å². The fraction of sp³-hybridized carbons (Fsp3) is 0.316. The summed E-state index contributed by atoms with van der Waals surface area (Å²) in [6.07, 6.45) is 0. The number of hydrogen-bond acceptors (Lipinski definition) is 4. The lowest BCUT2D eigenvalue weighted by molar-refractivity contribution is -0.118. The highest BCUT2D eigenvalue weighted by molar-refractivity contribution is 7.89. The first-order valence-electron chi connectivity index (χ1n) is 8.43. The number of nitrogens with one attached hydrogen (secondary N) is 2. The zero-order valence-electron chi connectivity index (χ0n) is 15.1. The molecule has 26 heavy (non-hydrogen) atoms. The highest BCUT2D eigenvalue weighted by atomic mass is 32.2. The van der Waals surface area contributed by atoms with Gasteiger partial charge in [-0.1, -0.05) is 50.2 Å². The van der Waals surface area contributed by atoms with Crippen LogP contribution in [0, 0.1) is 5.92 Å². The van der Waals surface area contributed by atoms with E-state index in [1.165, 1.54) is 18.2 Å². The number of anilines is 1. The molecule has 2 atom stereocenters. The Morgan fingerprint density at radius 1 is 1.00 bits per heavy atom. The molecule has 6 nitrogen and oxygen atoms in total. The molecule has 0 aliphatic heterocycles. The second-order valence-corrected chi connectivity index (χ2v) is 8.14. The Bertz CT molecular complexity index is 851. The predicted octanol–water partition coefficient (Wildman–Crippen LogP) is 2.65. The molecule has 0 bridgehead atoms. The Hall–Kier alpha value is -2.22. The van der Waals surface area contributed by atoms with Crippen LogP contribution in [0.2, 0.25) is 0 Å². The van der Waals surface area contributed by atoms with E-state index in [0.717, 1.165) is 5.56 Å². The minimum atomic E-state index is -3.81. The van der Waals surface area contributed by atoms with Gasteiger partial charge in [-0.25, -0.2) is 13.6 Å². The van der Waals surface area contributed by atoms with Gasteiger partial charge in [-0.15, -0.1) is 0 Å². The molecule has 7 heteroatoms. The maximum atomic E-state index is 12.5. The van der Waals surface area contributed by atoms with E-state index in [-0.39, 0.29) is 16.8 Å². The first-order chi connectivity index (χ1) is 12.2. The van der Waals surface area contributed by atoms with E-state index in [9.17, 15) is 13.2 Å². The average Bonchev–Trinajstić information content (AvgIpc) is 2.59. The summed E-state index contributed by atoms with van der Waals surface area (Å²) < 4.78 is 22.9. The van der Waals surface area contributed by atoms with Gasteiger partial charge in [-0.3, -0.25) is 10.1 Å². The van der Waals surface area contributed by atoms with Crippen molar-refractivity contribution in [3.63, 3.8) is 0 Å². The molecule has 0 aromatic heterocycles. The van der Waals surface area contributed by atoms with E-state index in [1.54, 1.807) is 13.0 Å². The SMILES string of the molecule is CC(C)[C@@H](N[C@H](C)C(=O)Nc1cccc(S(N)(=O)=O)c1)c1ccccc1. The topological polar surface area (TPSA) is 101 Å². The van der Waals surface area contributed by atoms with E-state index in [2.05, 4.69) is 24.5 Å². The zero-order chi connectivity index (χ0) is 19.3. The van der Waals surface area contributed by atoms with E-state index in [4.69, 9.17) is 5.14 Å². The van der Waals surface area contributed by atoms with Crippen LogP contribution >= 0.6 is 0 Å². The minimum Gasteiger partial charge on any atom is -0.325 e. The molecule has 0 saturated heterocycles. The standard InChI is InChI=1S/C19H25N3O3S/c1-13(2)18(15-8-5-4-6-9-15)21-14(3)19(23)22-16-10-7-11-17(12-16)26(20,24)25/h4-14,18,21H,1-3H3,(H,22,23)(H2,20,24,25)/t14-,18-/m1/s1. The first kappa shape index (κ1) is 20.1. The molecule has 0 heterocycles. The van der Waals surface area contributed by atoms with Gasteiger partial charge in [0.2, 0.25) is 15.9 Å². The fourth-order valence-corrected chi connectivity index (χ4v) is 3.24. The first-order valence-corrected chi connectivity index (χ1v) is 9.98. The van der Waals surface area contributed by atoms with Crippen LogP contribution < -0.4 is 15.8 Å². The van der Waals surface area contributed by atoms with Crippen molar-refractivity contribution in [1.82, 2.24) is 5.32 Å². The molecule has 2 rings (SSSR count). The normalized spacial score (nSPS) is 14.0. The number of amides is 1. The van der Waals surface area contributed by atoms with Gasteiger partial charge >= 0.3 is 0 Å². The Morgan fingerprint density at radius 2 is 1.65 bits per heavy atom. The predicted molar refractivity (Wildman–Crippen MR) is 103 cm³/mol. The van der Waals surface area contributed by atoms with Crippen molar-refractivity contribution in [3.8, 4) is 0 Å². The van der Waals surface area contributed by atoms with Crippen molar-refractivity contribution in [1.29, 1.82) is 0 Å². The van der Waals surface area contributed by atoms with Crippen LogP contribution in [0.15, 0.2) is 59.5 Å². The monoisotopic (exact) mass is 375 g/mol. The second kappa shape index (κ2) is 8.44. The third kappa shape index (κ3) is 5.39. The summed E-state index contributed by atoms with van der Waals surface area (Å²) >= 11 is 0. The van der Waals surface area contributed by atoms with Crippen LogP contribution in [-0.4, -0.2) is 20.4 Å². The molecule has 0 fully saturated rings. The number of rotatable bonds is 7. The van der Waals surface area contributed by atoms with Crippen molar-refractivity contribution < 1.29 is 13.2 Å². The number of nitrogens with two attached hydrogens (primary N) is 1. The summed E-state index contributed by atoms with van der Waals surface area (Å²) in [4.78, 5) is 12.5. The number of carbonyl (C=O) groups is 1. The molecule has 0 saturated carbocycles. The minimum absolute atomic E-state index is 0.0210. The van der Waals surface area contributed by atoms with Crippen molar-refractivity contribution in [3.05, 3.63) is 60.2 Å². The summed E-state index contributed by atoms with van der Waals surface area (Å²) in [5.74, 6) is 0.0384. The molecular formula is C19H25N3O3S. The zero-order valence-corrected chi connectivity index (χ0v) is 16.0. The third-order valence-electron chi connectivity index (χ3n) is 4.08. The van der Waals surface area contributed by atoms with Gasteiger partial charge in [0.15, 0.2) is 0 Å². The van der Waals surface area contributed by atoms with Crippen LogP contribution in [0.5, 0.6) is 0 Å². The third-order valence-corrected chi connectivity index (χ3v) is 4.99. The Kier molecular flexibility index (Phi) is 6.52. The van der Waals surface area contributed by atoms with Crippen LogP contribution in [0.1, 0.15) is 32.4 Å². The number of hydrogen-bond donors (Lipinski definition) is 3. The van der Waals surface area contributed by atoms with Gasteiger partial charge in [-0.2, -0.15) is 0 Å². The van der Waals surface area contributed by atoms with Crippen LogP contribution in [-0.2, 0) is 14.8 Å². The molecular weight excluding hydrogens is 350 g/mol. The largest absolute Gasteiger partial charge is 0.325 e. The van der Waals surface area contributed by atoms with Crippen LogP contribution in [0.4, 0.5) is 5.69 Å². The van der Waals surface area contributed by atoms with E-state index in [1.807, 2.05) is 30.3 Å². The summed E-state index contributed by atoms with van der Waals surface area (Å²) in [6, 6.07) is 15.4. The lowest BCUT2D eigenvalue weighted by Crippen LogP contribution is -2.41. The Morgan fingerprint density at radius 3 is 2.23 bits per heavy atom. The van der Waals surface area contributed by atoms with E-state index >= 15 is 0 Å². The summed E-state index contributed by atoms with van der Waals surface area (Å²) in [6.45, 7) is 5.95. The summed E-state index contributed by atoms with van der Waals surface area (Å²) in [7, 11) is -3.81. The number of primary sulfonamides is 1. The summed E-state index contributed by atoms with van der Waals surface area (Å²) in [5, 5.41) is 11.2. The maximum absolute atomic E-state index is 12.5. The number of carbonyl (C=O) groups excluding carboxylic acids is 1. The molecule has 2 aromatic rings. The quantitative estimate of drug-likeness (QED) is 0.692. The molecule has 0 unspecified atom stereocenters. The lowest BCUT2D eigenvalue weighted by atomic mass is 9.95. The molecule has 2 aromatic carbocycles. The smallest absolute Gasteiger partial charge is 0.241 e. The molecule has 0 aliphatic rings. The highest BCUT2D eigenvalue weighted by Gasteiger charge is 2.22.